The summed E-state index contributed by atoms with van der Waals surface area (Å²) in [6.07, 6.45) is 0. The van der Waals surface area contributed by atoms with Crippen LogP contribution in [0.4, 0.5) is 15.8 Å². The Morgan fingerprint density at radius 3 is 2.24 bits per heavy atom. The number of nitrogens with two attached hydrogens (primary N) is 1. The molecule has 3 N–H and O–H groups in total. The summed E-state index contributed by atoms with van der Waals surface area (Å²) in [5.74, 6) is -0.809. The first-order valence-electron chi connectivity index (χ1n) is 5.43. The van der Waals surface area contributed by atoms with Crippen LogP contribution in [0.5, 0.6) is 0 Å². The van der Waals surface area contributed by atoms with Gasteiger partial charge in [-0.05, 0) is 46.3 Å². The summed E-state index contributed by atoms with van der Waals surface area (Å²) in [4.78, 5) is -0.0138. The Hall–Kier alpha value is -1.02. The average Bonchev–Trinajstić information content (AvgIpc) is 2.38. The van der Waals surface area contributed by atoms with Crippen molar-refractivity contribution in [3.05, 3.63) is 50.7 Å². The van der Waals surface area contributed by atoms with Gasteiger partial charge in [-0.15, -0.1) is 0 Å². The zero-order valence-electron chi connectivity index (χ0n) is 10.2. The van der Waals surface area contributed by atoms with Gasteiger partial charge in [0.25, 0.3) is 10.0 Å². The van der Waals surface area contributed by atoms with E-state index in [0.29, 0.717) is 10.2 Å². The molecule has 0 saturated heterocycles. The first-order chi connectivity index (χ1) is 9.70. The van der Waals surface area contributed by atoms with Gasteiger partial charge in [-0.3, -0.25) is 4.72 Å². The highest BCUT2D eigenvalue weighted by Gasteiger charge is 2.17. The van der Waals surface area contributed by atoms with Crippen molar-refractivity contribution in [2.45, 2.75) is 4.90 Å². The second kappa shape index (κ2) is 6.00. The van der Waals surface area contributed by atoms with E-state index in [1.165, 1.54) is 18.2 Å². The SMILES string of the molecule is Nc1ccc(S(=O)(=O)Nc2cc(Cl)c(F)c(Cl)c2)cc1Br. The van der Waals surface area contributed by atoms with E-state index in [1.54, 1.807) is 0 Å². The fourth-order valence-corrected chi connectivity index (χ4v) is 3.59. The van der Waals surface area contributed by atoms with Crippen molar-refractivity contribution >= 4 is 60.5 Å². The zero-order valence-corrected chi connectivity index (χ0v) is 14.1. The van der Waals surface area contributed by atoms with Gasteiger partial charge in [-0.25, -0.2) is 12.8 Å². The molecular weight excluding hydrogens is 406 g/mol. The fraction of sp³-hybridized carbons (Fsp3) is 0. The topological polar surface area (TPSA) is 72.2 Å². The normalized spacial score (nSPS) is 11.4. The molecule has 0 saturated carbocycles. The molecule has 2 aromatic rings. The third-order valence-electron chi connectivity index (χ3n) is 2.52. The molecule has 0 atom stereocenters. The maximum atomic E-state index is 13.3. The van der Waals surface area contributed by atoms with E-state index in [2.05, 4.69) is 20.7 Å². The minimum absolute atomic E-state index is 0.0138. The molecule has 112 valence electrons. The number of benzene rings is 2. The number of hydrogen-bond donors (Lipinski definition) is 2. The molecule has 2 aromatic carbocycles. The third-order valence-corrected chi connectivity index (χ3v) is 5.13. The van der Waals surface area contributed by atoms with Crippen LogP contribution in [-0.2, 0) is 10.0 Å². The molecule has 0 aliphatic heterocycles. The summed E-state index contributed by atoms with van der Waals surface area (Å²) in [6, 6.07) is 6.40. The van der Waals surface area contributed by atoms with E-state index >= 15 is 0 Å². The summed E-state index contributed by atoms with van der Waals surface area (Å²) in [6.45, 7) is 0. The smallest absolute Gasteiger partial charge is 0.261 e. The highest BCUT2D eigenvalue weighted by atomic mass is 79.9. The van der Waals surface area contributed by atoms with Gasteiger partial charge >= 0.3 is 0 Å². The van der Waals surface area contributed by atoms with Gasteiger partial charge in [0.15, 0.2) is 5.82 Å². The molecule has 4 nitrogen and oxygen atoms in total. The van der Waals surface area contributed by atoms with Crippen molar-refractivity contribution in [3.8, 4) is 0 Å². The Bertz CT molecular complexity index is 792. The quantitative estimate of drug-likeness (QED) is 0.582. The molecule has 0 spiro atoms. The predicted molar refractivity (Wildman–Crippen MR) is 85.8 cm³/mol. The molecule has 0 amide bonds. The summed E-state index contributed by atoms with van der Waals surface area (Å²) in [5, 5.41) is -0.558. The van der Waals surface area contributed by atoms with Gasteiger partial charge in [-0.1, -0.05) is 23.2 Å². The second-order valence-electron chi connectivity index (χ2n) is 4.04. The van der Waals surface area contributed by atoms with Crippen molar-refractivity contribution in [1.29, 1.82) is 0 Å². The standard InChI is InChI=1S/C12H8BrCl2FN2O2S/c13-8-5-7(1-2-11(8)17)21(19,20)18-6-3-9(14)12(16)10(15)4-6/h1-5,18H,17H2. The van der Waals surface area contributed by atoms with Crippen LogP contribution < -0.4 is 10.5 Å². The van der Waals surface area contributed by atoms with Gasteiger partial charge in [0.2, 0.25) is 0 Å². The van der Waals surface area contributed by atoms with Crippen molar-refractivity contribution < 1.29 is 12.8 Å². The van der Waals surface area contributed by atoms with Crippen LogP contribution >= 0.6 is 39.1 Å². The fourth-order valence-electron chi connectivity index (χ4n) is 1.50. The molecule has 2 rings (SSSR count). The Morgan fingerprint density at radius 2 is 1.71 bits per heavy atom. The van der Waals surface area contributed by atoms with Crippen LogP contribution in [0.3, 0.4) is 0 Å². The van der Waals surface area contributed by atoms with Gasteiger partial charge in [-0.2, -0.15) is 0 Å². The maximum absolute atomic E-state index is 13.3. The Morgan fingerprint density at radius 1 is 1.14 bits per heavy atom. The van der Waals surface area contributed by atoms with Crippen molar-refractivity contribution in [3.63, 3.8) is 0 Å². The Labute approximate surface area is 139 Å². The second-order valence-corrected chi connectivity index (χ2v) is 7.39. The number of rotatable bonds is 3. The number of nitrogen functional groups attached to an aromatic ring is 1. The third kappa shape index (κ3) is 3.60. The number of halogens is 4. The van der Waals surface area contributed by atoms with E-state index < -0.39 is 15.8 Å². The molecule has 0 radical (unpaired) electrons. The predicted octanol–water partition coefficient (Wildman–Crippen LogP) is 4.28. The van der Waals surface area contributed by atoms with Crippen LogP contribution in [0.2, 0.25) is 10.0 Å². The largest absolute Gasteiger partial charge is 0.398 e. The Kier molecular flexibility index (Phi) is 4.67. The molecule has 21 heavy (non-hydrogen) atoms. The molecule has 0 bridgehead atoms. The maximum Gasteiger partial charge on any atom is 0.261 e. The Balaban J connectivity index is 2.39. The lowest BCUT2D eigenvalue weighted by molar-refractivity contribution is 0.601. The van der Waals surface area contributed by atoms with Crippen LogP contribution in [0.25, 0.3) is 0 Å². The van der Waals surface area contributed by atoms with Crippen molar-refractivity contribution in [1.82, 2.24) is 0 Å². The highest BCUT2D eigenvalue weighted by molar-refractivity contribution is 9.10. The van der Waals surface area contributed by atoms with Crippen LogP contribution in [0.15, 0.2) is 39.7 Å². The van der Waals surface area contributed by atoms with Gasteiger partial charge in [0, 0.05) is 10.2 Å². The molecule has 0 fully saturated rings. The van der Waals surface area contributed by atoms with E-state index in [-0.39, 0.29) is 20.6 Å². The highest BCUT2D eigenvalue weighted by Crippen LogP contribution is 2.29. The minimum Gasteiger partial charge on any atom is -0.398 e. The number of anilines is 2. The molecule has 9 heteroatoms. The molecule has 0 heterocycles. The molecular formula is C12H8BrCl2FN2O2S. The summed E-state index contributed by atoms with van der Waals surface area (Å²) in [7, 11) is -3.87. The first-order valence-corrected chi connectivity index (χ1v) is 8.46. The molecule has 0 aliphatic rings. The lowest BCUT2D eigenvalue weighted by atomic mass is 10.3. The van der Waals surface area contributed by atoms with E-state index in [9.17, 15) is 12.8 Å². The number of hydrogen-bond acceptors (Lipinski definition) is 3. The lowest BCUT2D eigenvalue weighted by Gasteiger charge is -2.10. The van der Waals surface area contributed by atoms with Crippen molar-refractivity contribution in [2.24, 2.45) is 0 Å². The number of sulfonamides is 1. The van der Waals surface area contributed by atoms with Gasteiger partial charge < -0.3 is 5.73 Å². The summed E-state index contributed by atoms with van der Waals surface area (Å²) in [5.41, 5.74) is 6.06. The van der Waals surface area contributed by atoms with E-state index in [4.69, 9.17) is 28.9 Å². The van der Waals surface area contributed by atoms with Crippen LogP contribution in [0, 0.1) is 5.82 Å². The minimum atomic E-state index is -3.87. The first kappa shape index (κ1) is 16.4. The van der Waals surface area contributed by atoms with Crippen LogP contribution in [-0.4, -0.2) is 8.42 Å². The number of nitrogens with one attached hydrogen (secondary N) is 1. The van der Waals surface area contributed by atoms with Crippen molar-refractivity contribution in [2.75, 3.05) is 10.5 Å². The summed E-state index contributed by atoms with van der Waals surface area (Å²) < 4.78 is 40.5. The van der Waals surface area contributed by atoms with Crippen LogP contribution in [0.1, 0.15) is 0 Å². The average molecular weight is 414 g/mol. The molecule has 0 aromatic heterocycles. The lowest BCUT2D eigenvalue weighted by Crippen LogP contribution is -2.13. The monoisotopic (exact) mass is 412 g/mol. The molecule has 0 unspecified atom stereocenters. The summed E-state index contributed by atoms with van der Waals surface area (Å²) >= 11 is 14.4. The zero-order chi connectivity index (χ0) is 15.8. The van der Waals surface area contributed by atoms with E-state index in [1.807, 2.05) is 0 Å². The van der Waals surface area contributed by atoms with Gasteiger partial charge in [0.1, 0.15) is 0 Å². The van der Waals surface area contributed by atoms with E-state index in [0.717, 1.165) is 12.1 Å². The molecule has 0 aliphatic carbocycles. The van der Waals surface area contributed by atoms with Gasteiger partial charge in [0.05, 0.1) is 20.6 Å².